The van der Waals surface area contributed by atoms with Crippen molar-refractivity contribution in [2.75, 3.05) is 0 Å². The number of rotatable bonds is 4. The zero-order chi connectivity index (χ0) is 9.68. The van der Waals surface area contributed by atoms with Crippen molar-refractivity contribution in [1.82, 2.24) is 4.90 Å². The monoisotopic (exact) mass is 201 g/mol. The van der Waals surface area contributed by atoms with Crippen molar-refractivity contribution in [3.63, 3.8) is 0 Å². The van der Waals surface area contributed by atoms with Gasteiger partial charge in [-0.2, -0.15) is 0 Å². The third kappa shape index (κ3) is 2.95. The first-order chi connectivity index (χ1) is 6.25. The number of nitrogens with zero attached hydrogens (tertiary/aromatic N) is 1. The Kier molecular flexibility index (Phi) is 4.15. The molecule has 0 spiro atoms. The van der Waals surface area contributed by atoms with Crippen LogP contribution < -0.4 is 0 Å². The van der Waals surface area contributed by atoms with Gasteiger partial charge >= 0.3 is 6.09 Å². The molecule has 1 atom stereocenters. The Morgan fingerprint density at radius 2 is 2.38 bits per heavy atom. The van der Waals surface area contributed by atoms with Gasteiger partial charge in [0.2, 0.25) is 0 Å². The van der Waals surface area contributed by atoms with E-state index in [1.54, 1.807) is 18.0 Å². The molecule has 1 amide bonds. The lowest BCUT2D eigenvalue weighted by Gasteiger charge is -2.19. The summed E-state index contributed by atoms with van der Waals surface area (Å²) in [6, 6.07) is 0. The molecule has 1 unspecified atom stereocenters. The topological polar surface area (TPSA) is 40.5 Å². The van der Waals surface area contributed by atoms with Crippen LogP contribution in [0.4, 0.5) is 4.79 Å². The molecule has 74 valence electrons. The van der Waals surface area contributed by atoms with Crippen LogP contribution in [-0.4, -0.2) is 21.5 Å². The van der Waals surface area contributed by atoms with Crippen molar-refractivity contribution in [3.05, 3.63) is 11.6 Å². The maximum absolute atomic E-state index is 10.7. The van der Waals surface area contributed by atoms with Gasteiger partial charge in [-0.15, -0.1) is 11.8 Å². The van der Waals surface area contributed by atoms with Gasteiger partial charge in [0.25, 0.3) is 0 Å². The lowest BCUT2D eigenvalue weighted by atomic mass is 10.2. The van der Waals surface area contributed by atoms with Gasteiger partial charge in [-0.1, -0.05) is 26.2 Å². The lowest BCUT2D eigenvalue weighted by molar-refractivity contribution is 0.159. The number of thioether (sulfide) groups is 1. The number of carboxylic acid groups (broad SMARTS) is 1. The SMILES string of the molecule is CCCCCC1SC=CN1C(=O)O. The van der Waals surface area contributed by atoms with E-state index in [9.17, 15) is 4.79 Å². The highest BCUT2D eigenvalue weighted by molar-refractivity contribution is 8.02. The maximum Gasteiger partial charge on any atom is 0.412 e. The predicted molar refractivity (Wildman–Crippen MR) is 54.5 cm³/mol. The Bertz CT molecular complexity index is 206. The molecule has 0 bridgehead atoms. The molecule has 0 aromatic rings. The van der Waals surface area contributed by atoms with E-state index in [-0.39, 0.29) is 5.37 Å². The van der Waals surface area contributed by atoms with Crippen molar-refractivity contribution < 1.29 is 9.90 Å². The van der Waals surface area contributed by atoms with Crippen LogP contribution >= 0.6 is 11.8 Å². The Morgan fingerprint density at radius 3 is 3.00 bits per heavy atom. The average Bonchev–Trinajstić information content (AvgIpc) is 2.53. The Labute approximate surface area is 82.8 Å². The molecule has 0 saturated carbocycles. The first kappa shape index (κ1) is 10.4. The highest BCUT2D eigenvalue weighted by Crippen LogP contribution is 2.29. The van der Waals surface area contributed by atoms with E-state index in [1.165, 1.54) is 17.7 Å². The van der Waals surface area contributed by atoms with Gasteiger partial charge in [-0.3, -0.25) is 4.90 Å². The van der Waals surface area contributed by atoms with Crippen LogP contribution in [-0.2, 0) is 0 Å². The average molecular weight is 201 g/mol. The summed E-state index contributed by atoms with van der Waals surface area (Å²) in [6.45, 7) is 2.15. The fourth-order valence-electron chi connectivity index (χ4n) is 1.32. The summed E-state index contributed by atoms with van der Waals surface area (Å²) in [7, 11) is 0. The highest BCUT2D eigenvalue weighted by Gasteiger charge is 2.24. The van der Waals surface area contributed by atoms with Gasteiger partial charge in [-0.05, 0) is 11.8 Å². The third-order valence-corrected chi connectivity index (χ3v) is 3.10. The molecule has 1 aliphatic heterocycles. The normalized spacial score (nSPS) is 21.0. The highest BCUT2D eigenvalue weighted by atomic mass is 32.2. The zero-order valence-corrected chi connectivity index (χ0v) is 8.59. The van der Waals surface area contributed by atoms with Gasteiger partial charge in [0.15, 0.2) is 0 Å². The van der Waals surface area contributed by atoms with E-state index in [0.29, 0.717) is 0 Å². The van der Waals surface area contributed by atoms with E-state index < -0.39 is 6.09 Å². The number of unbranched alkanes of at least 4 members (excludes halogenated alkanes) is 2. The van der Waals surface area contributed by atoms with Gasteiger partial charge in [0.1, 0.15) is 0 Å². The molecule has 1 heterocycles. The van der Waals surface area contributed by atoms with E-state index in [2.05, 4.69) is 6.92 Å². The zero-order valence-electron chi connectivity index (χ0n) is 7.77. The molecule has 4 heteroatoms. The van der Waals surface area contributed by atoms with Crippen LogP contribution in [0.3, 0.4) is 0 Å². The molecule has 0 saturated heterocycles. The van der Waals surface area contributed by atoms with Crippen LogP contribution in [0.15, 0.2) is 11.6 Å². The van der Waals surface area contributed by atoms with Crippen molar-refractivity contribution in [2.24, 2.45) is 0 Å². The van der Waals surface area contributed by atoms with Crippen LogP contribution in [0.1, 0.15) is 32.6 Å². The number of hydrogen-bond acceptors (Lipinski definition) is 2. The van der Waals surface area contributed by atoms with E-state index in [1.807, 2.05) is 5.41 Å². The predicted octanol–water partition coefficient (Wildman–Crippen LogP) is 3.09. The van der Waals surface area contributed by atoms with Crippen molar-refractivity contribution in [3.8, 4) is 0 Å². The molecular formula is C9H15NO2S. The summed E-state index contributed by atoms with van der Waals surface area (Å²) >= 11 is 1.59. The Morgan fingerprint density at radius 1 is 1.62 bits per heavy atom. The second kappa shape index (κ2) is 5.17. The largest absolute Gasteiger partial charge is 0.465 e. The van der Waals surface area contributed by atoms with Crippen LogP contribution in [0.25, 0.3) is 0 Å². The molecule has 3 nitrogen and oxygen atoms in total. The van der Waals surface area contributed by atoms with Gasteiger partial charge in [-0.25, -0.2) is 4.79 Å². The fourth-order valence-corrected chi connectivity index (χ4v) is 2.29. The quantitative estimate of drug-likeness (QED) is 0.710. The molecule has 13 heavy (non-hydrogen) atoms. The summed E-state index contributed by atoms with van der Waals surface area (Å²) in [6.07, 6.45) is 5.23. The van der Waals surface area contributed by atoms with Gasteiger partial charge in [0, 0.05) is 6.20 Å². The van der Waals surface area contributed by atoms with Gasteiger partial charge < -0.3 is 5.11 Å². The first-order valence-electron chi connectivity index (χ1n) is 4.59. The Hall–Kier alpha value is -0.640. The summed E-state index contributed by atoms with van der Waals surface area (Å²) in [5.41, 5.74) is 0. The number of amides is 1. The van der Waals surface area contributed by atoms with Gasteiger partial charge in [0.05, 0.1) is 5.37 Å². The Balaban J connectivity index is 2.30. The minimum atomic E-state index is -0.845. The van der Waals surface area contributed by atoms with E-state index >= 15 is 0 Å². The smallest absolute Gasteiger partial charge is 0.412 e. The summed E-state index contributed by atoms with van der Waals surface area (Å²) in [5.74, 6) is 0. The van der Waals surface area contributed by atoms with Crippen LogP contribution in [0, 0.1) is 0 Å². The molecule has 0 aliphatic carbocycles. The minimum Gasteiger partial charge on any atom is -0.465 e. The summed E-state index contributed by atoms with van der Waals surface area (Å²) in [5, 5.41) is 10.8. The van der Waals surface area contributed by atoms with Crippen molar-refractivity contribution in [1.29, 1.82) is 0 Å². The standard InChI is InChI=1S/C9H15NO2S/c1-2-3-4-5-8-10(9(11)12)6-7-13-8/h6-8H,2-5H2,1H3,(H,11,12). The molecule has 1 N–H and O–H groups in total. The summed E-state index contributed by atoms with van der Waals surface area (Å²) < 4.78 is 0. The lowest BCUT2D eigenvalue weighted by Crippen LogP contribution is -2.29. The molecule has 1 rings (SSSR count). The molecule has 0 aromatic heterocycles. The summed E-state index contributed by atoms with van der Waals surface area (Å²) in [4.78, 5) is 12.1. The molecule has 1 aliphatic rings. The van der Waals surface area contributed by atoms with E-state index in [0.717, 1.165) is 12.8 Å². The second-order valence-electron chi connectivity index (χ2n) is 3.06. The van der Waals surface area contributed by atoms with Crippen molar-refractivity contribution >= 4 is 17.9 Å². The first-order valence-corrected chi connectivity index (χ1v) is 5.53. The molecule has 0 fully saturated rings. The van der Waals surface area contributed by atoms with E-state index in [4.69, 9.17) is 5.11 Å². The third-order valence-electron chi connectivity index (χ3n) is 2.04. The minimum absolute atomic E-state index is 0.115. The second-order valence-corrected chi connectivity index (χ2v) is 4.15. The van der Waals surface area contributed by atoms with Crippen LogP contribution in [0.2, 0.25) is 0 Å². The molecule has 0 aromatic carbocycles. The number of carbonyl (C=O) groups is 1. The molecule has 0 radical (unpaired) electrons. The van der Waals surface area contributed by atoms with Crippen molar-refractivity contribution in [2.45, 2.75) is 38.0 Å². The molecular weight excluding hydrogens is 186 g/mol. The fraction of sp³-hybridized carbons (Fsp3) is 0.667. The van der Waals surface area contributed by atoms with Crippen LogP contribution in [0.5, 0.6) is 0 Å². The maximum atomic E-state index is 10.7. The number of hydrogen-bond donors (Lipinski definition) is 1.